The van der Waals surface area contributed by atoms with Crippen molar-refractivity contribution in [1.29, 1.82) is 0 Å². The lowest BCUT2D eigenvalue weighted by Crippen LogP contribution is -2.36. The molecule has 2 aromatic rings. The Labute approximate surface area is 137 Å². The molecule has 4 heteroatoms. The Bertz CT molecular complexity index is 613. The third-order valence-corrected chi connectivity index (χ3v) is 3.54. The molecule has 0 aliphatic rings. The Morgan fingerprint density at radius 2 is 1.78 bits per heavy atom. The molecule has 4 nitrogen and oxygen atoms in total. The van der Waals surface area contributed by atoms with Gasteiger partial charge in [-0.1, -0.05) is 36.4 Å². The van der Waals surface area contributed by atoms with E-state index in [0.29, 0.717) is 12.3 Å². The molecule has 23 heavy (non-hydrogen) atoms. The average Bonchev–Trinajstić information content (AvgIpc) is 2.59. The first-order chi connectivity index (χ1) is 11.2. The average molecular weight is 313 g/mol. The lowest BCUT2D eigenvalue weighted by molar-refractivity contribution is -0.127. The van der Waals surface area contributed by atoms with Crippen LogP contribution in [0.1, 0.15) is 18.9 Å². The van der Waals surface area contributed by atoms with E-state index in [0.717, 1.165) is 24.2 Å². The molecule has 0 aliphatic carbocycles. The lowest BCUT2D eigenvalue weighted by atomic mass is 10.1. The number of benzene rings is 2. The zero-order valence-electron chi connectivity index (χ0n) is 13.6. The van der Waals surface area contributed by atoms with E-state index in [4.69, 9.17) is 9.47 Å². The Kier molecular flexibility index (Phi) is 6.48. The van der Waals surface area contributed by atoms with Crippen molar-refractivity contribution in [3.05, 3.63) is 60.2 Å². The van der Waals surface area contributed by atoms with Crippen LogP contribution in [-0.4, -0.2) is 25.7 Å². The highest BCUT2D eigenvalue weighted by Crippen LogP contribution is 2.18. The molecule has 0 unspecified atom stereocenters. The van der Waals surface area contributed by atoms with Crippen LogP contribution in [0.4, 0.5) is 0 Å². The van der Waals surface area contributed by atoms with Crippen molar-refractivity contribution in [3.8, 4) is 11.5 Å². The third-order valence-electron chi connectivity index (χ3n) is 3.54. The van der Waals surface area contributed by atoms with Gasteiger partial charge in [-0.15, -0.1) is 0 Å². The highest BCUT2D eigenvalue weighted by molar-refractivity contribution is 5.80. The van der Waals surface area contributed by atoms with Crippen LogP contribution < -0.4 is 14.8 Å². The monoisotopic (exact) mass is 313 g/mol. The van der Waals surface area contributed by atoms with Crippen molar-refractivity contribution < 1.29 is 14.3 Å². The number of nitrogens with one attached hydrogen (secondary N) is 1. The quantitative estimate of drug-likeness (QED) is 0.761. The van der Waals surface area contributed by atoms with Crippen LogP contribution in [0.15, 0.2) is 54.6 Å². The lowest BCUT2D eigenvalue weighted by Gasteiger charge is -2.14. The molecule has 2 aromatic carbocycles. The highest BCUT2D eigenvalue weighted by Gasteiger charge is 2.13. The first-order valence-electron chi connectivity index (χ1n) is 7.82. The number of ether oxygens (including phenoxy) is 2. The fourth-order valence-corrected chi connectivity index (χ4v) is 2.30. The smallest absolute Gasteiger partial charge is 0.260 e. The maximum atomic E-state index is 12.0. The molecule has 0 spiro atoms. The van der Waals surface area contributed by atoms with Crippen LogP contribution in [0.5, 0.6) is 11.5 Å². The van der Waals surface area contributed by atoms with Gasteiger partial charge in [-0.2, -0.15) is 0 Å². The van der Waals surface area contributed by atoms with Crippen molar-refractivity contribution >= 4 is 5.91 Å². The van der Waals surface area contributed by atoms with Gasteiger partial charge >= 0.3 is 0 Å². The molecule has 1 atom stereocenters. The van der Waals surface area contributed by atoms with E-state index in [2.05, 4.69) is 5.32 Å². The van der Waals surface area contributed by atoms with Gasteiger partial charge < -0.3 is 14.8 Å². The van der Waals surface area contributed by atoms with Crippen molar-refractivity contribution in [2.75, 3.05) is 13.7 Å². The van der Waals surface area contributed by atoms with E-state index >= 15 is 0 Å². The maximum absolute atomic E-state index is 12.0. The van der Waals surface area contributed by atoms with Gasteiger partial charge in [0, 0.05) is 6.54 Å². The predicted octanol–water partition coefficient (Wildman–Crippen LogP) is 3.21. The summed E-state index contributed by atoms with van der Waals surface area (Å²) in [5, 5.41) is 2.91. The number of hydrogen-bond acceptors (Lipinski definition) is 3. The Morgan fingerprint density at radius 1 is 1.09 bits per heavy atom. The molecule has 0 aromatic heterocycles. The standard InChI is InChI=1S/C19H23NO3/c1-15(23-17-11-4-3-5-12-17)19(21)20-14-8-10-16-9-6-7-13-18(16)22-2/h3-7,9,11-13,15H,8,10,14H2,1-2H3,(H,20,21)/t15-/m1/s1. The summed E-state index contributed by atoms with van der Waals surface area (Å²) in [7, 11) is 1.67. The van der Waals surface area contributed by atoms with Gasteiger partial charge in [0.05, 0.1) is 7.11 Å². The van der Waals surface area contributed by atoms with Gasteiger partial charge in [0.2, 0.25) is 0 Å². The number of hydrogen-bond donors (Lipinski definition) is 1. The maximum Gasteiger partial charge on any atom is 0.260 e. The van der Waals surface area contributed by atoms with Crippen LogP contribution in [0.25, 0.3) is 0 Å². The Morgan fingerprint density at radius 3 is 2.52 bits per heavy atom. The van der Waals surface area contributed by atoms with Crippen molar-refractivity contribution in [3.63, 3.8) is 0 Å². The van der Waals surface area contributed by atoms with E-state index in [1.807, 2.05) is 54.6 Å². The second kappa shape index (κ2) is 8.83. The van der Waals surface area contributed by atoms with Crippen LogP contribution >= 0.6 is 0 Å². The van der Waals surface area contributed by atoms with Gasteiger partial charge in [-0.3, -0.25) is 4.79 Å². The van der Waals surface area contributed by atoms with Gasteiger partial charge in [0.1, 0.15) is 11.5 Å². The van der Waals surface area contributed by atoms with Crippen molar-refractivity contribution in [1.82, 2.24) is 5.32 Å². The fraction of sp³-hybridized carbons (Fsp3) is 0.316. The molecule has 0 saturated carbocycles. The summed E-state index contributed by atoms with van der Waals surface area (Å²) in [6.45, 7) is 2.36. The number of rotatable bonds is 8. The molecule has 1 amide bonds. The number of para-hydroxylation sites is 2. The number of methoxy groups -OCH3 is 1. The van der Waals surface area contributed by atoms with E-state index < -0.39 is 6.10 Å². The van der Waals surface area contributed by atoms with Crippen molar-refractivity contribution in [2.45, 2.75) is 25.9 Å². The van der Waals surface area contributed by atoms with E-state index in [1.165, 1.54) is 0 Å². The first kappa shape index (κ1) is 16.9. The first-order valence-corrected chi connectivity index (χ1v) is 7.82. The molecule has 0 heterocycles. The molecular formula is C19H23NO3. The molecule has 0 saturated heterocycles. The largest absolute Gasteiger partial charge is 0.496 e. The molecular weight excluding hydrogens is 290 g/mol. The fourth-order valence-electron chi connectivity index (χ4n) is 2.30. The normalized spacial score (nSPS) is 11.6. The van der Waals surface area contributed by atoms with Crippen LogP contribution in [-0.2, 0) is 11.2 Å². The molecule has 0 bridgehead atoms. The summed E-state index contributed by atoms with van der Waals surface area (Å²) in [6, 6.07) is 17.3. The topological polar surface area (TPSA) is 47.6 Å². The number of carbonyl (C=O) groups is 1. The van der Waals surface area contributed by atoms with Gasteiger partial charge in [-0.05, 0) is 43.5 Å². The summed E-state index contributed by atoms with van der Waals surface area (Å²) in [5.41, 5.74) is 1.15. The Balaban J connectivity index is 1.72. The number of carbonyl (C=O) groups excluding carboxylic acids is 1. The third kappa shape index (κ3) is 5.33. The van der Waals surface area contributed by atoms with Gasteiger partial charge in [0.25, 0.3) is 5.91 Å². The number of amides is 1. The molecule has 1 N–H and O–H groups in total. The van der Waals surface area contributed by atoms with Crippen molar-refractivity contribution in [2.24, 2.45) is 0 Å². The zero-order chi connectivity index (χ0) is 16.5. The molecule has 122 valence electrons. The molecule has 2 rings (SSSR count). The van der Waals surface area contributed by atoms with E-state index in [-0.39, 0.29) is 5.91 Å². The SMILES string of the molecule is COc1ccccc1CCCNC(=O)[C@@H](C)Oc1ccccc1. The highest BCUT2D eigenvalue weighted by atomic mass is 16.5. The zero-order valence-corrected chi connectivity index (χ0v) is 13.6. The second-order valence-corrected chi connectivity index (χ2v) is 5.28. The summed E-state index contributed by atoms with van der Waals surface area (Å²) < 4.78 is 10.9. The molecule has 0 radical (unpaired) electrons. The van der Waals surface area contributed by atoms with Crippen LogP contribution in [0.2, 0.25) is 0 Å². The summed E-state index contributed by atoms with van der Waals surface area (Å²) in [5.74, 6) is 1.48. The van der Waals surface area contributed by atoms with E-state index in [9.17, 15) is 4.79 Å². The second-order valence-electron chi connectivity index (χ2n) is 5.28. The predicted molar refractivity (Wildman–Crippen MR) is 90.9 cm³/mol. The van der Waals surface area contributed by atoms with E-state index in [1.54, 1.807) is 14.0 Å². The minimum absolute atomic E-state index is 0.103. The van der Waals surface area contributed by atoms with Gasteiger partial charge in [0.15, 0.2) is 6.10 Å². The summed E-state index contributed by atoms with van der Waals surface area (Å²) >= 11 is 0. The van der Waals surface area contributed by atoms with Crippen LogP contribution in [0.3, 0.4) is 0 Å². The molecule has 0 aliphatic heterocycles. The van der Waals surface area contributed by atoms with Crippen LogP contribution in [0, 0.1) is 0 Å². The summed E-state index contributed by atoms with van der Waals surface area (Å²) in [6.07, 6.45) is 1.20. The number of aryl methyl sites for hydroxylation is 1. The summed E-state index contributed by atoms with van der Waals surface area (Å²) in [4.78, 5) is 12.0. The Hall–Kier alpha value is -2.49. The van der Waals surface area contributed by atoms with Gasteiger partial charge in [-0.25, -0.2) is 0 Å². The minimum atomic E-state index is -0.510. The minimum Gasteiger partial charge on any atom is -0.496 e. The molecule has 0 fully saturated rings.